The largest absolute Gasteiger partial charge is 0.495 e. The highest BCUT2D eigenvalue weighted by Crippen LogP contribution is 2.48. The molecule has 260 valence electrons. The number of carbonyl (C=O) groups excluding carboxylic acids is 1. The molecule has 3 aromatic heterocycles. The maximum absolute atomic E-state index is 16.2. The van der Waals surface area contributed by atoms with E-state index in [1.807, 2.05) is 13.0 Å². The zero-order chi connectivity index (χ0) is 36.7. The zero-order valence-electron chi connectivity index (χ0n) is 27.9. The van der Waals surface area contributed by atoms with Gasteiger partial charge in [-0.25, -0.2) is 18.7 Å². The first kappa shape index (κ1) is 34.4. The van der Waals surface area contributed by atoms with Gasteiger partial charge in [0.2, 0.25) is 11.9 Å². The number of para-hydroxylation sites is 1. The number of anilines is 3. The van der Waals surface area contributed by atoms with E-state index in [2.05, 4.69) is 22.2 Å². The zero-order valence-corrected chi connectivity index (χ0v) is 29.4. The fourth-order valence-electron chi connectivity index (χ4n) is 6.07. The summed E-state index contributed by atoms with van der Waals surface area (Å²) in [5, 5.41) is 6.67. The number of halogens is 4. The molecule has 0 radical (unpaired) electrons. The van der Waals surface area contributed by atoms with Gasteiger partial charge in [0, 0.05) is 46.1 Å². The summed E-state index contributed by atoms with van der Waals surface area (Å²) >= 11 is 13.6. The van der Waals surface area contributed by atoms with E-state index in [-0.39, 0.29) is 32.9 Å². The van der Waals surface area contributed by atoms with Crippen molar-refractivity contribution in [2.75, 3.05) is 24.9 Å². The number of fused-ring (bicyclic) bond motifs is 3. The highest BCUT2D eigenvalue weighted by molar-refractivity contribution is 6.41. The van der Waals surface area contributed by atoms with Gasteiger partial charge in [-0.3, -0.25) is 9.20 Å². The quantitative estimate of drug-likeness (QED) is 0.142. The Hall–Kier alpha value is -6.04. The number of amides is 1. The second-order valence-corrected chi connectivity index (χ2v) is 12.3. The lowest BCUT2D eigenvalue weighted by Gasteiger charge is -2.18. The Morgan fingerprint density at radius 2 is 1.60 bits per heavy atom. The summed E-state index contributed by atoms with van der Waals surface area (Å²) in [6.07, 6.45) is 4.43. The predicted octanol–water partition coefficient (Wildman–Crippen LogP) is 10.1. The van der Waals surface area contributed by atoms with Gasteiger partial charge in [0.25, 0.3) is 0 Å². The number of benzene rings is 4. The smallest absolute Gasteiger partial charge is 0.247 e. The fraction of sp³-hybridized carbons (Fsp3) is 0.0769. The summed E-state index contributed by atoms with van der Waals surface area (Å²) in [5.74, 6) is -1.10. The molecule has 13 heteroatoms. The summed E-state index contributed by atoms with van der Waals surface area (Å²) < 4.78 is 44.8. The van der Waals surface area contributed by atoms with Crippen LogP contribution in [-0.4, -0.2) is 39.5 Å². The van der Waals surface area contributed by atoms with E-state index in [0.29, 0.717) is 61.7 Å². The number of ether oxygens (including phenoxy) is 2. The predicted molar refractivity (Wildman–Crippen MR) is 201 cm³/mol. The lowest BCUT2D eigenvalue weighted by atomic mass is 9.92. The van der Waals surface area contributed by atoms with Crippen LogP contribution in [0.5, 0.6) is 11.5 Å². The van der Waals surface area contributed by atoms with Crippen molar-refractivity contribution in [1.82, 2.24) is 19.4 Å². The number of rotatable bonds is 9. The number of carbonyl (C=O) groups is 1. The molecule has 0 spiro atoms. The van der Waals surface area contributed by atoms with Crippen LogP contribution in [0.25, 0.3) is 50.1 Å². The van der Waals surface area contributed by atoms with Crippen LogP contribution in [0.2, 0.25) is 10.0 Å². The number of nitrogens with zero attached hydrogens (tertiary/aromatic N) is 4. The van der Waals surface area contributed by atoms with Crippen molar-refractivity contribution >= 4 is 63.1 Å². The van der Waals surface area contributed by atoms with Gasteiger partial charge in [-0.1, -0.05) is 78.3 Å². The Bertz CT molecular complexity index is 2530. The second-order valence-electron chi connectivity index (χ2n) is 11.6. The lowest BCUT2D eigenvalue weighted by Crippen LogP contribution is -2.10. The van der Waals surface area contributed by atoms with Gasteiger partial charge in [-0.15, -0.1) is 0 Å². The van der Waals surface area contributed by atoms with Crippen molar-refractivity contribution in [1.29, 1.82) is 0 Å². The van der Waals surface area contributed by atoms with Crippen molar-refractivity contribution in [3.63, 3.8) is 0 Å². The van der Waals surface area contributed by atoms with E-state index >= 15 is 8.78 Å². The van der Waals surface area contributed by atoms with Crippen LogP contribution >= 0.6 is 23.2 Å². The first-order valence-corrected chi connectivity index (χ1v) is 16.5. The molecule has 0 fully saturated rings. The third-order valence-electron chi connectivity index (χ3n) is 8.42. The van der Waals surface area contributed by atoms with Crippen LogP contribution in [0, 0.1) is 18.6 Å². The molecule has 52 heavy (non-hydrogen) atoms. The third-order valence-corrected chi connectivity index (χ3v) is 9.17. The molecular weight excluding hydrogens is 709 g/mol. The molecule has 7 aromatic rings. The molecule has 0 saturated heterocycles. The van der Waals surface area contributed by atoms with Gasteiger partial charge < -0.3 is 20.1 Å². The molecule has 0 unspecified atom stereocenters. The summed E-state index contributed by atoms with van der Waals surface area (Å²) in [6, 6.07) is 19.7. The van der Waals surface area contributed by atoms with Gasteiger partial charge >= 0.3 is 0 Å². The number of hydrogen-bond donors (Lipinski definition) is 2. The van der Waals surface area contributed by atoms with Crippen molar-refractivity contribution in [2.45, 2.75) is 6.92 Å². The number of hydrogen-bond acceptors (Lipinski definition) is 7. The number of aromatic nitrogens is 4. The van der Waals surface area contributed by atoms with E-state index in [1.165, 1.54) is 32.4 Å². The minimum Gasteiger partial charge on any atom is -0.495 e. The molecule has 0 atom stereocenters. The Morgan fingerprint density at radius 3 is 2.29 bits per heavy atom. The molecule has 4 aromatic carbocycles. The van der Waals surface area contributed by atoms with Crippen molar-refractivity contribution in [3.05, 3.63) is 125 Å². The molecule has 3 heterocycles. The van der Waals surface area contributed by atoms with Crippen LogP contribution < -0.4 is 20.1 Å². The minimum atomic E-state index is -0.696. The summed E-state index contributed by atoms with van der Waals surface area (Å²) in [7, 11) is 2.99. The van der Waals surface area contributed by atoms with E-state index in [4.69, 9.17) is 42.6 Å². The van der Waals surface area contributed by atoms with Crippen molar-refractivity contribution in [3.8, 4) is 44.9 Å². The molecular formula is C39H28Cl2F2N6O3. The SMILES string of the molecule is C=CC(=O)Nc1ccc(-c2cccc(F)c2Nc2ncc3cc(-c4c(Cl)c(OC)cc(OC)c4Cl)c4nc(C)cn4c3n2)c(-c2ccccc2)c1F. The number of nitrogens with one attached hydrogen (secondary N) is 2. The molecule has 2 N–H and O–H groups in total. The fourth-order valence-corrected chi connectivity index (χ4v) is 6.77. The number of pyridine rings is 1. The van der Waals surface area contributed by atoms with E-state index < -0.39 is 17.5 Å². The molecule has 7 rings (SSSR count). The Balaban J connectivity index is 1.38. The topological polar surface area (TPSA) is 103 Å². The number of imidazole rings is 1. The normalized spacial score (nSPS) is 11.1. The van der Waals surface area contributed by atoms with Crippen LogP contribution in [0.4, 0.5) is 26.1 Å². The number of aryl methyl sites for hydroxylation is 1. The van der Waals surface area contributed by atoms with Gasteiger partial charge in [0.05, 0.1) is 41.3 Å². The molecule has 0 aliphatic heterocycles. The second kappa shape index (κ2) is 13.9. The molecule has 0 bridgehead atoms. The highest BCUT2D eigenvalue weighted by Gasteiger charge is 2.24. The monoisotopic (exact) mass is 736 g/mol. The van der Waals surface area contributed by atoms with E-state index in [1.54, 1.807) is 65.3 Å². The molecule has 1 amide bonds. The Morgan fingerprint density at radius 1 is 0.865 bits per heavy atom. The summed E-state index contributed by atoms with van der Waals surface area (Å²) in [5.41, 5.74) is 3.99. The average molecular weight is 738 g/mol. The maximum atomic E-state index is 16.2. The van der Waals surface area contributed by atoms with E-state index in [0.717, 1.165) is 6.08 Å². The van der Waals surface area contributed by atoms with Crippen molar-refractivity contribution in [2.24, 2.45) is 0 Å². The molecule has 0 aliphatic rings. The summed E-state index contributed by atoms with van der Waals surface area (Å²) in [6.45, 7) is 5.28. The minimum absolute atomic E-state index is 0.0121. The summed E-state index contributed by atoms with van der Waals surface area (Å²) in [4.78, 5) is 26.1. The standard InChI is InChI=1S/C39H28Cl2F2N6O3/c1-5-30(50)46-27-15-14-23(31(35(27)43)21-10-7-6-8-11-21)24-12-9-13-26(42)36(24)47-39-44-18-22-16-25(38-45-20(2)19-49(38)37(22)48-39)32-33(40)28(51-3)17-29(52-4)34(32)41/h5-19H,1H2,2-4H3,(H,46,50)(H,44,47,48). The lowest BCUT2D eigenvalue weighted by molar-refractivity contribution is -0.111. The average Bonchev–Trinajstić information content (AvgIpc) is 3.55. The first-order chi connectivity index (χ1) is 25.1. The highest BCUT2D eigenvalue weighted by atomic mass is 35.5. The molecule has 9 nitrogen and oxygen atoms in total. The molecule has 0 aliphatic carbocycles. The van der Waals surface area contributed by atoms with Crippen LogP contribution in [0.15, 0.2) is 97.8 Å². The van der Waals surface area contributed by atoms with Gasteiger partial charge in [0.1, 0.15) is 23.0 Å². The Labute approximate surface area is 306 Å². The first-order valence-electron chi connectivity index (χ1n) is 15.8. The van der Waals surface area contributed by atoms with Gasteiger partial charge in [-0.05, 0) is 42.3 Å². The van der Waals surface area contributed by atoms with Crippen LogP contribution in [-0.2, 0) is 4.79 Å². The third kappa shape index (κ3) is 6.03. The maximum Gasteiger partial charge on any atom is 0.247 e. The van der Waals surface area contributed by atoms with Gasteiger partial charge in [0.15, 0.2) is 11.5 Å². The van der Waals surface area contributed by atoms with E-state index in [9.17, 15) is 4.79 Å². The van der Waals surface area contributed by atoms with Crippen LogP contribution in [0.3, 0.4) is 0 Å². The van der Waals surface area contributed by atoms with Crippen molar-refractivity contribution < 1.29 is 23.0 Å². The van der Waals surface area contributed by atoms with Crippen LogP contribution in [0.1, 0.15) is 5.69 Å². The number of methoxy groups -OCH3 is 2. The molecule has 0 saturated carbocycles. The Kier molecular flexibility index (Phi) is 9.22. The van der Waals surface area contributed by atoms with Gasteiger partial charge in [-0.2, -0.15) is 4.98 Å².